The van der Waals surface area contributed by atoms with Gasteiger partial charge in [-0.3, -0.25) is 0 Å². The van der Waals surface area contributed by atoms with Gasteiger partial charge in [-0.2, -0.15) is 0 Å². The fourth-order valence-electron chi connectivity index (χ4n) is 0.934. The van der Waals surface area contributed by atoms with Crippen molar-refractivity contribution in [3.8, 4) is 0 Å². The van der Waals surface area contributed by atoms with E-state index in [9.17, 15) is 0 Å². The van der Waals surface area contributed by atoms with Gasteiger partial charge in [-0.15, -0.1) is 0 Å². The SMILES string of the molecule is Cln1ccc2cccnc21. The molecule has 0 N–H and O–H groups in total. The van der Waals surface area contributed by atoms with Gasteiger partial charge in [0.2, 0.25) is 0 Å². The molecule has 2 aromatic heterocycles. The topological polar surface area (TPSA) is 17.8 Å². The molecule has 2 aromatic rings. The molecule has 2 heterocycles. The van der Waals surface area contributed by atoms with Gasteiger partial charge >= 0.3 is 0 Å². The first-order valence-corrected chi connectivity index (χ1v) is 3.30. The number of aromatic nitrogens is 2. The van der Waals surface area contributed by atoms with Crippen LogP contribution >= 0.6 is 11.8 Å². The van der Waals surface area contributed by atoms with Crippen LogP contribution in [0.3, 0.4) is 0 Å². The van der Waals surface area contributed by atoms with Gasteiger partial charge < -0.3 is 0 Å². The second kappa shape index (κ2) is 1.99. The number of halogens is 1. The number of pyridine rings is 1. The van der Waals surface area contributed by atoms with Crippen molar-refractivity contribution >= 4 is 22.8 Å². The van der Waals surface area contributed by atoms with Gasteiger partial charge in [0.1, 0.15) is 0 Å². The van der Waals surface area contributed by atoms with E-state index in [4.69, 9.17) is 11.8 Å². The van der Waals surface area contributed by atoms with Gasteiger partial charge in [0, 0.05) is 29.6 Å². The van der Waals surface area contributed by atoms with Gasteiger partial charge in [-0.25, -0.2) is 9.07 Å². The Morgan fingerprint density at radius 3 is 3.10 bits per heavy atom. The van der Waals surface area contributed by atoms with Crippen LogP contribution in [0.25, 0.3) is 11.0 Å². The molecule has 3 heteroatoms. The van der Waals surface area contributed by atoms with Crippen molar-refractivity contribution in [2.24, 2.45) is 0 Å². The summed E-state index contributed by atoms with van der Waals surface area (Å²) >= 11 is 5.73. The second-order valence-corrected chi connectivity index (χ2v) is 2.41. The first kappa shape index (κ1) is 5.74. The number of hydrogen-bond acceptors (Lipinski definition) is 1. The predicted molar refractivity (Wildman–Crippen MR) is 41.0 cm³/mol. The molecule has 0 bridgehead atoms. The highest BCUT2D eigenvalue weighted by atomic mass is 35.5. The van der Waals surface area contributed by atoms with Crippen LogP contribution in [0.5, 0.6) is 0 Å². The molecule has 2 rings (SSSR count). The first-order valence-electron chi connectivity index (χ1n) is 2.96. The highest BCUT2D eigenvalue weighted by Crippen LogP contribution is 2.12. The van der Waals surface area contributed by atoms with E-state index >= 15 is 0 Å². The molecule has 0 aromatic carbocycles. The largest absolute Gasteiger partial charge is 0.243 e. The van der Waals surface area contributed by atoms with Crippen molar-refractivity contribution in [2.75, 3.05) is 0 Å². The Hall–Kier alpha value is -1.02. The van der Waals surface area contributed by atoms with Crippen LogP contribution in [-0.4, -0.2) is 9.07 Å². The van der Waals surface area contributed by atoms with Crippen LogP contribution in [0.4, 0.5) is 0 Å². The highest BCUT2D eigenvalue weighted by Gasteiger charge is 1.95. The van der Waals surface area contributed by atoms with E-state index in [2.05, 4.69) is 4.98 Å². The lowest BCUT2D eigenvalue weighted by Gasteiger charge is -1.88. The lowest BCUT2D eigenvalue weighted by Crippen LogP contribution is -1.78. The Morgan fingerprint density at radius 2 is 2.30 bits per heavy atom. The zero-order valence-electron chi connectivity index (χ0n) is 5.16. The van der Waals surface area contributed by atoms with Crippen molar-refractivity contribution in [2.45, 2.75) is 0 Å². The van der Waals surface area contributed by atoms with Gasteiger partial charge in [0.25, 0.3) is 0 Å². The Labute approximate surface area is 63.2 Å². The minimum absolute atomic E-state index is 0.809. The average Bonchev–Trinajstić information content (AvgIpc) is 2.34. The van der Waals surface area contributed by atoms with Crippen LogP contribution in [0.2, 0.25) is 0 Å². The quantitative estimate of drug-likeness (QED) is 0.565. The summed E-state index contributed by atoms with van der Waals surface area (Å²) in [5.41, 5.74) is 0.809. The van der Waals surface area contributed by atoms with Crippen molar-refractivity contribution in [1.82, 2.24) is 9.07 Å². The van der Waals surface area contributed by atoms with Crippen molar-refractivity contribution in [1.29, 1.82) is 0 Å². The standard InChI is InChI=1S/C7H5ClN2/c8-10-5-3-6-2-1-4-9-7(6)10/h1-5H. The first-order chi connectivity index (χ1) is 4.88. The van der Waals surface area contributed by atoms with Crippen LogP contribution < -0.4 is 0 Å². The lowest BCUT2D eigenvalue weighted by molar-refractivity contribution is 1.24. The molecule has 50 valence electrons. The van der Waals surface area contributed by atoms with Crippen LogP contribution in [0, 0.1) is 0 Å². The zero-order valence-corrected chi connectivity index (χ0v) is 5.92. The maximum absolute atomic E-state index is 5.73. The zero-order chi connectivity index (χ0) is 6.97. The van der Waals surface area contributed by atoms with Gasteiger partial charge in [-0.05, 0) is 18.2 Å². The van der Waals surface area contributed by atoms with E-state index in [0.29, 0.717) is 0 Å². The molecule has 0 saturated heterocycles. The van der Waals surface area contributed by atoms with E-state index in [-0.39, 0.29) is 0 Å². The van der Waals surface area contributed by atoms with Crippen LogP contribution in [-0.2, 0) is 0 Å². The molecule has 0 aliphatic heterocycles. The van der Waals surface area contributed by atoms with E-state index in [1.807, 2.05) is 18.2 Å². The van der Waals surface area contributed by atoms with E-state index in [1.165, 1.54) is 4.09 Å². The monoisotopic (exact) mass is 152 g/mol. The molecule has 0 saturated carbocycles. The van der Waals surface area contributed by atoms with Crippen molar-refractivity contribution < 1.29 is 0 Å². The average molecular weight is 153 g/mol. The number of fused-ring (bicyclic) bond motifs is 1. The summed E-state index contributed by atoms with van der Waals surface area (Å²) < 4.78 is 1.48. The Bertz CT molecular complexity index is 353. The summed E-state index contributed by atoms with van der Waals surface area (Å²) in [4.78, 5) is 4.07. The van der Waals surface area contributed by atoms with Crippen LogP contribution in [0.1, 0.15) is 0 Å². The highest BCUT2D eigenvalue weighted by molar-refractivity contribution is 6.18. The molecular weight excluding hydrogens is 148 g/mol. The summed E-state index contributed by atoms with van der Waals surface area (Å²) in [7, 11) is 0. The molecule has 2 nitrogen and oxygen atoms in total. The molecule has 10 heavy (non-hydrogen) atoms. The third kappa shape index (κ3) is 0.693. The third-order valence-corrected chi connectivity index (χ3v) is 1.68. The molecule has 0 aliphatic carbocycles. The summed E-state index contributed by atoms with van der Waals surface area (Å²) in [5.74, 6) is 0. The molecule has 0 fully saturated rings. The lowest BCUT2D eigenvalue weighted by atomic mass is 10.3. The Kier molecular flexibility index (Phi) is 1.14. The van der Waals surface area contributed by atoms with Crippen LogP contribution in [0.15, 0.2) is 30.6 Å². The molecular formula is C7H5ClN2. The summed E-state index contributed by atoms with van der Waals surface area (Å²) in [6.45, 7) is 0. The summed E-state index contributed by atoms with van der Waals surface area (Å²) in [6.07, 6.45) is 3.50. The number of rotatable bonds is 0. The summed E-state index contributed by atoms with van der Waals surface area (Å²) in [5, 5.41) is 1.07. The van der Waals surface area contributed by atoms with Crippen molar-refractivity contribution in [3.05, 3.63) is 30.6 Å². The van der Waals surface area contributed by atoms with Gasteiger partial charge in [0.15, 0.2) is 5.65 Å². The normalized spacial score (nSPS) is 10.5. The molecule has 0 amide bonds. The summed E-state index contributed by atoms with van der Waals surface area (Å²) in [6, 6.07) is 5.79. The number of nitrogens with zero attached hydrogens (tertiary/aromatic N) is 2. The second-order valence-electron chi connectivity index (χ2n) is 2.04. The van der Waals surface area contributed by atoms with E-state index < -0.39 is 0 Å². The Balaban J connectivity index is 2.93. The minimum atomic E-state index is 0.809. The van der Waals surface area contributed by atoms with Gasteiger partial charge in [-0.1, -0.05) is 0 Å². The smallest absolute Gasteiger partial charge is 0.154 e. The Morgan fingerprint density at radius 1 is 1.40 bits per heavy atom. The fourth-order valence-corrected chi connectivity index (χ4v) is 1.13. The molecule has 0 atom stereocenters. The molecule has 0 aliphatic rings. The predicted octanol–water partition coefficient (Wildman–Crippen LogP) is 2.04. The fraction of sp³-hybridized carbons (Fsp3) is 0. The maximum Gasteiger partial charge on any atom is 0.154 e. The van der Waals surface area contributed by atoms with E-state index in [0.717, 1.165) is 11.0 Å². The third-order valence-electron chi connectivity index (χ3n) is 1.40. The molecule has 0 spiro atoms. The maximum atomic E-state index is 5.73. The molecule has 0 radical (unpaired) electrons. The van der Waals surface area contributed by atoms with Crippen molar-refractivity contribution in [3.63, 3.8) is 0 Å². The number of hydrogen-bond donors (Lipinski definition) is 0. The van der Waals surface area contributed by atoms with E-state index in [1.54, 1.807) is 12.4 Å². The molecule has 0 unspecified atom stereocenters. The van der Waals surface area contributed by atoms with Gasteiger partial charge in [0.05, 0.1) is 0 Å². The minimum Gasteiger partial charge on any atom is -0.243 e.